The molecule has 0 unspecified atom stereocenters. The second-order valence-corrected chi connectivity index (χ2v) is 8.22. The van der Waals surface area contributed by atoms with Crippen LogP contribution in [0.1, 0.15) is 38.5 Å². The number of hydrogen-bond donors (Lipinski definition) is 1. The zero-order chi connectivity index (χ0) is 18.6. The molecule has 0 aromatic heterocycles. The molecule has 0 saturated carbocycles. The Balaban J connectivity index is 1.67. The highest BCUT2D eigenvalue weighted by molar-refractivity contribution is 7.98. The van der Waals surface area contributed by atoms with Gasteiger partial charge in [0.05, 0.1) is 6.54 Å². The largest absolute Gasteiger partial charge is 0.356 e. The number of thioether (sulfide) groups is 1. The molecule has 0 aliphatic carbocycles. The van der Waals surface area contributed by atoms with Gasteiger partial charge in [0, 0.05) is 52.9 Å². The van der Waals surface area contributed by atoms with Crippen LogP contribution < -0.4 is 5.32 Å². The van der Waals surface area contributed by atoms with Crippen molar-refractivity contribution >= 4 is 23.6 Å². The molecule has 2 heterocycles. The number of unbranched alkanes of at least 4 members (excludes halogenated alkanes) is 1. The van der Waals surface area contributed by atoms with Crippen molar-refractivity contribution < 1.29 is 4.79 Å². The minimum absolute atomic E-state index is 0.316. The maximum atomic E-state index is 12.6. The standard InChI is InChI=1S/C19H37N5OS/c1-20-19(21-9-5-8-16-26-2)24-14-12-22(13-15-24)17-18(25)23-10-6-3-4-7-11-23/h3-17H2,1-2H3,(H,20,21). The van der Waals surface area contributed by atoms with Crippen LogP contribution in [0.15, 0.2) is 4.99 Å². The fourth-order valence-electron chi connectivity index (χ4n) is 3.63. The lowest BCUT2D eigenvalue weighted by atomic mass is 10.2. The van der Waals surface area contributed by atoms with Crippen LogP contribution in [0.5, 0.6) is 0 Å². The van der Waals surface area contributed by atoms with Gasteiger partial charge < -0.3 is 15.1 Å². The Morgan fingerprint density at radius 3 is 2.27 bits per heavy atom. The van der Waals surface area contributed by atoms with Crippen molar-refractivity contribution in [2.24, 2.45) is 4.99 Å². The molecular weight excluding hydrogens is 346 g/mol. The van der Waals surface area contributed by atoms with E-state index in [1.165, 1.54) is 44.3 Å². The SMILES string of the molecule is CN=C(NCCCCSC)N1CCN(CC(=O)N2CCCCCC2)CC1. The smallest absolute Gasteiger partial charge is 0.236 e. The van der Waals surface area contributed by atoms with Crippen LogP contribution in [-0.2, 0) is 4.79 Å². The van der Waals surface area contributed by atoms with E-state index in [4.69, 9.17) is 0 Å². The first kappa shape index (κ1) is 21.4. The van der Waals surface area contributed by atoms with Crippen LogP contribution in [0.4, 0.5) is 0 Å². The number of rotatable bonds is 7. The number of nitrogens with zero attached hydrogens (tertiary/aromatic N) is 4. The summed E-state index contributed by atoms with van der Waals surface area (Å²) in [6.45, 7) is 7.22. The van der Waals surface area contributed by atoms with Gasteiger partial charge in [-0.15, -0.1) is 0 Å². The van der Waals surface area contributed by atoms with E-state index in [1.807, 2.05) is 18.8 Å². The van der Waals surface area contributed by atoms with Crippen LogP contribution in [0, 0.1) is 0 Å². The van der Waals surface area contributed by atoms with Gasteiger partial charge in [-0.3, -0.25) is 14.7 Å². The monoisotopic (exact) mass is 383 g/mol. The van der Waals surface area contributed by atoms with E-state index >= 15 is 0 Å². The summed E-state index contributed by atoms with van der Waals surface area (Å²) < 4.78 is 0. The highest BCUT2D eigenvalue weighted by atomic mass is 32.2. The Bertz CT molecular complexity index is 430. The van der Waals surface area contributed by atoms with Crippen LogP contribution in [-0.4, -0.2) is 98.0 Å². The molecule has 7 heteroatoms. The van der Waals surface area contributed by atoms with E-state index in [0.717, 1.165) is 51.8 Å². The molecule has 2 aliphatic rings. The van der Waals surface area contributed by atoms with Gasteiger partial charge in [0.2, 0.25) is 5.91 Å². The highest BCUT2D eigenvalue weighted by Gasteiger charge is 2.23. The van der Waals surface area contributed by atoms with Crippen LogP contribution in [0.3, 0.4) is 0 Å². The Morgan fingerprint density at radius 2 is 1.65 bits per heavy atom. The quantitative estimate of drug-likeness (QED) is 0.412. The van der Waals surface area contributed by atoms with Gasteiger partial charge in [0.1, 0.15) is 0 Å². The van der Waals surface area contributed by atoms with Crippen LogP contribution >= 0.6 is 11.8 Å². The second kappa shape index (κ2) is 12.4. The Labute approximate surface area is 163 Å². The van der Waals surface area contributed by atoms with Gasteiger partial charge in [0.15, 0.2) is 5.96 Å². The number of carbonyl (C=O) groups excluding carboxylic acids is 1. The lowest BCUT2D eigenvalue weighted by Gasteiger charge is -2.37. The molecule has 0 radical (unpaired) electrons. The number of hydrogen-bond acceptors (Lipinski definition) is 4. The average Bonchev–Trinajstić information content (AvgIpc) is 2.95. The van der Waals surface area contributed by atoms with Crippen molar-refractivity contribution in [1.29, 1.82) is 0 Å². The summed E-state index contributed by atoms with van der Waals surface area (Å²) in [7, 11) is 1.86. The van der Waals surface area contributed by atoms with Gasteiger partial charge in [-0.1, -0.05) is 12.8 Å². The molecular formula is C19H37N5OS. The first-order valence-corrected chi connectivity index (χ1v) is 11.6. The molecule has 2 rings (SSSR count). The molecule has 1 N–H and O–H groups in total. The van der Waals surface area contributed by atoms with Crippen molar-refractivity contribution in [1.82, 2.24) is 20.0 Å². The molecule has 2 fully saturated rings. The van der Waals surface area contributed by atoms with E-state index in [1.54, 1.807) is 0 Å². The van der Waals surface area contributed by atoms with E-state index < -0.39 is 0 Å². The number of guanidine groups is 1. The molecule has 0 aromatic carbocycles. The van der Waals surface area contributed by atoms with E-state index in [2.05, 4.69) is 31.3 Å². The van der Waals surface area contributed by atoms with E-state index in [-0.39, 0.29) is 0 Å². The summed E-state index contributed by atoms with van der Waals surface area (Å²) in [6.07, 6.45) is 9.46. The molecule has 0 aromatic rings. The van der Waals surface area contributed by atoms with Crippen molar-refractivity contribution in [3.63, 3.8) is 0 Å². The van der Waals surface area contributed by atoms with Crippen molar-refractivity contribution in [3.05, 3.63) is 0 Å². The molecule has 150 valence electrons. The first-order valence-electron chi connectivity index (χ1n) is 10.2. The van der Waals surface area contributed by atoms with Gasteiger partial charge in [-0.25, -0.2) is 0 Å². The summed E-state index contributed by atoms with van der Waals surface area (Å²) in [5, 5.41) is 3.49. The number of piperazine rings is 1. The Morgan fingerprint density at radius 1 is 0.962 bits per heavy atom. The van der Waals surface area contributed by atoms with Crippen LogP contribution in [0.25, 0.3) is 0 Å². The second-order valence-electron chi connectivity index (χ2n) is 7.23. The summed E-state index contributed by atoms with van der Waals surface area (Å²) in [6, 6.07) is 0. The fraction of sp³-hybridized carbons (Fsp3) is 0.895. The predicted molar refractivity (Wildman–Crippen MR) is 112 cm³/mol. The Hall–Kier alpha value is -0.950. The minimum atomic E-state index is 0.316. The molecule has 0 spiro atoms. The van der Waals surface area contributed by atoms with Gasteiger partial charge >= 0.3 is 0 Å². The third-order valence-corrected chi connectivity index (χ3v) is 5.96. The van der Waals surface area contributed by atoms with Gasteiger partial charge in [-0.2, -0.15) is 11.8 Å². The minimum Gasteiger partial charge on any atom is -0.356 e. The number of nitrogens with one attached hydrogen (secondary N) is 1. The predicted octanol–water partition coefficient (Wildman–Crippen LogP) is 1.73. The third kappa shape index (κ3) is 7.35. The lowest BCUT2D eigenvalue weighted by Crippen LogP contribution is -2.54. The average molecular weight is 384 g/mol. The summed E-state index contributed by atoms with van der Waals surface area (Å²) >= 11 is 1.91. The van der Waals surface area contributed by atoms with E-state index in [0.29, 0.717) is 12.5 Å². The van der Waals surface area contributed by atoms with Crippen LogP contribution in [0.2, 0.25) is 0 Å². The fourth-order valence-corrected chi connectivity index (χ4v) is 4.13. The lowest BCUT2D eigenvalue weighted by molar-refractivity contribution is -0.132. The normalized spacial score (nSPS) is 20.2. The van der Waals surface area contributed by atoms with Crippen molar-refractivity contribution in [2.75, 3.05) is 71.4 Å². The number of amides is 1. The Kier molecular flexibility index (Phi) is 10.2. The topological polar surface area (TPSA) is 51.2 Å². The third-order valence-electron chi connectivity index (χ3n) is 5.26. The molecule has 2 aliphatic heterocycles. The van der Waals surface area contributed by atoms with Gasteiger partial charge in [-0.05, 0) is 37.7 Å². The maximum absolute atomic E-state index is 12.6. The number of carbonyl (C=O) groups is 1. The summed E-state index contributed by atoms with van der Waals surface area (Å²) in [5.74, 6) is 2.55. The zero-order valence-corrected chi connectivity index (χ0v) is 17.5. The molecule has 2 saturated heterocycles. The molecule has 0 atom stereocenters. The summed E-state index contributed by atoms with van der Waals surface area (Å²) in [5.41, 5.74) is 0. The van der Waals surface area contributed by atoms with Gasteiger partial charge in [0.25, 0.3) is 0 Å². The van der Waals surface area contributed by atoms with E-state index in [9.17, 15) is 4.79 Å². The molecule has 26 heavy (non-hydrogen) atoms. The van der Waals surface area contributed by atoms with Crippen molar-refractivity contribution in [3.8, 4) is 0 Å². The summed E-state index contributed by atoms with van der Waals surface area (Å²) in [4.78, 5) is 23.7. The first-order chi connectivity index (χ1) is 12.7. The maximum Gasteiger partial charge on any atom is 0.236 e. The molecule has 1 amide bonds. The number of likely N-dealkylation sites (tertiary alicyclic amines) is 1. The zero-order valence-electron chi connectivity index (χ0n) is 16.7. The molecule has 6 nitrogen and oxygen atoms in total. The van der Waals surface area contributed by atoms with Crippen molar-refractivity contribution in [2.45, 2.75) is 38.5 Å². The highest BCUT2D eigenvalue weighted by Crippen LogP contribution is 2.11. The molecule has 0 bridgehead atoms. The number of aliphatic imine (C=N–C) groups is 1.